The fraction of sp³-hybridized carbons (Fsp3) is 0.500. The van der Waals surface area contributed by atoms with Crippen LogP contribution in [0.2, 0.25) is 0 Å². The SMILES string of the molecule is CCOC(=O)CN(Cc1ccc(F)c(F)c1)C1CC1. The molecule has 0 saturated heterocycles. The first kappa shape index (κ1) is 13.9. The van der Waals surface area contributed by atoms with E-state index in [1.165, 1.54) is 6.07 Å². The number of ether oxygens (including phenoxy) is 1. The number of benzene rings is 1. The van der Waals surface area contributed by atoms with Crippen molar-refractivity contribution in [2.24, 2.45) is 0 Å². The summed E-state index contributed by atoms with van der Waals surface area (Å²) in [6, 6.07) is 4.17. The van der Waals surface area contributed by atoms with Gasteiger partial charge in [-0.15, -0.1) is 0 Å². The van der Waals surface area contributed by atoms with Crippen LogP contribution >= 0.6 is 0 Å². The topological polar surface area (TPSA) is 29.5 Å². The van der Waals surface area contributed by atoms with Gasteiger partial charge in [-0.2, -0.15) is 0 Å². The molecular formula is C14H17F2NO2. The molecule has 1 aromatic carbocycles. The smallest absolute Gasteiger partial charge is 0.320 e. The lowest BCUT2D eigenvalue weighted by molar-refractivity contribution is -0.144. The van der Waals surface area contributed by atoms with Gasteiger partial charge in [0.05, 0.1) is 13.2 Å². The number of carbonyl (C=O) groups is 1. The quantitative estimate of drug-likeness (QED) is 0.743. The molecule has 0 N–H and O–H groups in total. The largest absolute Gasteiger partial charge is 0.465 e. The first-order valence-electron chi connectivity index (χ1n) is 6.43. The van der Waals surface area contributed by atoms with Gasteiger partial charge in [0, 0.05) is 12.6 Å². The summed E-state index contributed by atoms with van der Waals surface area (Å²) in [6.07, 6.45) is 2.06. The number of halogens is 2. The number of esters is 1. The second-order valence-electron chi connectivity index (χ2n) is 4.69. The van der Waals surface area contributed by atoms with Crippen LogP contribution < -0.4 is 0 Å². The van der Waals surface area contributed by atoms with Gasteiger partial charge in [0.1, 0.15) is 0 Å². The van der Waals surface area contributed by atoms with Gasteiger partial charge in [-0.1, -0.05) is 6.07 Å². The van der Waals surface area contributed by atoms with E-state index in [0.717, 1.165) is 18.9 Å². The van der Waals surface area contributed by atoms with Crippen molar-refractivity contribution < 1.29 is 18.3 Å². The van der Waals surface area contributed by atoms with E-state index < -0.39 is 11.6 Å². The van der Waals surface area contributed by atoms with Crippen molar-refractivity contribution in [2.45, 2.75) is 32.4 Å². The average Bonchev–Trinajstić information content (AvgIpc) is 3.17. The molecule has 5 heteroatoms. The van der Waals surface area contributed by atoms with Crippen LogP contribution in [0.5, 0.6) is 0 Å². The van der Waals surface area contributed by atoms with Gasteiger partial charge in [0.15, 0.2) is 11.6 Å². The van der Waals surface area contributed by atoms with Crippen LogP contribution in [0.4, 0.5) is 8.78 Å². The molecule has 19 heavy (non-hydrogen) atoms. The summed E-state index contributed by atoms with van der Waals surface area (Å²) in [5.41, 5.74) is 0.662. The molecule has 1 aliphatic carbocycles. The Bertz CT molecular complexity index is 461. The van der Waals surface area contributed by atoms with Gasteiger partial charge in [0.25, 0.3) is 0 Å². The van der Waals surface area contributed by atoms with Crippen LogP contribution in [-0.4, -0.2) is 30.1 Å². The van der Waals surface area contributed by atoms with Gasteiger partial charge in [-0.25, -0.2) is 8.78 Å². The van der Waals surface area contributed by atoms with Crippen LogP contribution in [0.1, 0.15) is 25.3 Å². The van der Waals surface area contributed by atoms with Crippen molar-refractivity contribution >= 4 is 5.97 Å². The summed E-state index contributed by atoms with van der Waals surface area (Å²) in [4.78, 5) is 13.4. The molecule has 104 valence electrons. The molecule has 0 aliphatic heterocycles. The number of carbonyl (C=O) groups excluding carboxylic acids is 1. The van der Waals surface area contributed by atoms with Gasteiger partial charge >= 0.3 is 5.97 Å². The Labute approximate surface area is 111 Å². The number of hydrogen-bond donors (Lipinski definition) is 0. The van der Waals surface area contributed by atoms with Crippen LogP contribution in [-0.2, 0) is 16.1 Å². The van der Waals surface area contributed by atoms with Crippen LogP contribution in [0.3, 0.4) is 0 Å². The van der Waals surface area contributed by atoms with E-state index in [1.807, 2.05) is 4.90 Å². The summed E-state index contributed by atoms with van der Waals surface area (Å²) in [7, 11) is 0. The number of rotatable bonds is 6. The lowest BCUT2D eigenvalue weighted by atomic mass is 10.2. The highest BCUT2D eigenvalue weighted by Gasteiger charge is 2.30. The van der Waals surface area contributed by atoms with Gasteiger partial charge in [0.2, 0.25) is 0 Å². The minimum absolute atomic E-state index is 0.192. The van der Waals surface area contributed by atoms with Crippen molar-refractivity contribution in [3.05, 3.63) is 35.4 Å². The summed E-state index contributed by atoms with van der Waals surface area (Å²) < 4.78 is 30.9. The van der Waals surface area contributed by atoms with Crippen molar-refractivity contribution in [1.29, 1.82) is 0 Å². The Morgan fingerprint density at radius 2 is 2.11 bits per heavy atom. The van der Waals surface area contributed by atoms with Crippen molar-refractivity contribution in [3.8, 4) is 0 Å². The Hall–Kier alpha value is -1.49. The van der Waals surface area contributed by atoms with E-state index in [4.69, 9.17) is 4.74 Å². The van der Waals surface area contributed by atoms with E-state index in [1.54, 1.807) is 13.0 Å². The third-order valence-electron chi connectivity index (χ3n) is 3.07. The molecule has 0 spiro atoms. The first-order chi connectivity index (χ1) is 9.10. The zero-order valence-electron chi connectivity index (χ0n) is 10.9. The summed E-state index contributed by atoms with van der Waals surface area (Å²) >= 11 is 0. The molecule has 0 amide bonds. The highest BCUT2D eigenvalue weighted by molar-refractivity contribution is 5.71. The number of nitrogens with zero attached hydrogens (tertiary/aromatic N) is 1. The molecule has 3 nitrogen and oxygen atoms in total. The predicted octanol–water partition coefficient (Wildman–Crippen LogP) is 2.49. The second kappa shape index (κ2) is 6.10. The lowest BCUT2D eigenvalue weighted by Gasteiger charge is -2.20. The maximum absolute atomic E-state index is 13.1. The number of hydrogen-bond acceptors (Lipinski definition) is 3. The lowest BCUT2D eigenvalue weighted by Crippen LogP contribution is -2.32. The summed E-state index contributed by atoms with van der Waals surface area (Å²) in [5.74, 6) is -1.99. The molecule has 2 rings (SSSR count). The zero-order valence-corrected chi connectivity index (χ0v) is 10.9. The van der Waals surface area contributed by atoms with Crippen LogP contribution in [0, 0.1) is 11.6 Å². The zero-order chi connectivity index (χ0) is 13.8. The molecular weight excluding hydrogens is 252 g/mol. The molecule has 1 aromatic rings. The maximum Gasteiger partial charge on any atom is 0.320 e. The predicted molar refractivity (Wildman–Crippen MR) is 66.4 cm³/mol. The molecule has 0 bridgehead atoms. The van der Waals surface area contributed by atoms with E-state index >= 15 is 0 Å². The standard InChI is InChI=1S/C14H17F2NO2/c1-2-19-14(18)9-17(11-4-5-11)8-10-3-6-12(15)13(16)7-10/h3,6-7,11H,2,4-5,8-9H2,1H3. The summed E-state index contributed by atoms with van der Waals surface area (Å²) in [5, 5.41) is 0. The molecule has 0 unspecified atom stereocenters. The van der Waals surface area contributed by atoms with Gasteiger partial charge in [-0.05, 0) is 37.5 Å². The molecule has 0 radical (unpaired) electrons. The molecule has 1 aliphatic rings. The monoisotopic (exact) mass is 269 g/mol. The van der Waals surface area contributed by atoms with Gasteiger partial charge < -0.3 is 4.74 Å². The van der Waals surface area contributed by atoms with E-state index in [2.05, 4.69) is 0 Å². The fourth-order valence-corrected chi connectivity index (χ4v) is 2.00. The van der Waals surface area contributed by atoms with Crippen molar-refractivity contribution in [2.75, 3.05) is 13.2 Å². The third kappa shape index (κ3) is 3.99. The summed E-state index contributed by atoms with van der Waals surface area (Å²) in [6.45, 7) is 2.73. The normalized spacial score (nSPS) is 14.7. The highest BCUT2D eigenvalue weighted by atomic mass is 19.2. The van der Waals surface area contributed by atoms with E-state index in [0.29, 0.717) is 24.8 Å². The molecule has 1 fully saturated rings. The Morgan fingerprint density at radius 1 is 1.37 bits per heavy atom. The van der Waals surface area contributed by atoms with Gasteiger partial charge in [-0.3, -0.25) is 9.69 Å². The Balaban J connectivity index is 1.99. The van der Waals surface area contributed by atoms with E-state index in [-0.39, 0.29) is 12.5 Å². The first-order valence-corrected chi connectivity index (χ1v) is 6.43. The maximum atomic E-state index is 13.1. The molecule has 1 saturated carbocycles. The van der Waals surface area contributed by atoms with Crippen molar-refractivity contribution in [1.82, 2.24) is 4.90 Å². The Kier molecular flexibility index (Phi) is 4.47. The molecule has 0 atom stereocenters. The third-order valence-corrected chi connectivity index (χ3v) is 3.07. The van der Waals surface area contributed by atoms with Crippen molar-refractivity contribution in [3.63, 3.8) is 0 Å². The fourth-order valence-electron chi connectivity index (χ4n) is 2.00. The molecule has 0 aromatic heterocycles. The Morgan fingerprint density at radius 3 is 2.68 bits per heavy atom. The van der Waals surface area contributed by atoms with Crippen LogP contribution in [0.15, 0.2) is 18.2 Å². The minimum Gasteiger partial charge on any atom is -0.465 e. The van der Waals surface area contributed by atoms with Crippen LogP contribution in [0.25, 0.3) is 0 Å². The minimum atomic E-state index is -0.857. The highest BCUT2D eigenvalue weighted by Crippen LogP contribution is 2.28. The average molecular weight is 269 g/mol. The second-order valence-corrected chi connectivity index (χ2v) is 4.69. The molecule has 0 heterocycles. The van der Waals surface area contributed by atoms with E-state index in [9.17, 15) is 13.6 Å².